The number of sulfonamides is 1. The first-order valence-electron chi connectivity index (χ1n) is 3.05. The lowest BCUT2D eigenvalue weighted by atomic mass is 10.7. The molecule has 1 N–H and O–H groups in total. The Morgan fingerprint density at radius 2 is 1.77 bits per heavy atom. The van der Waals surface area contributed by atoms with Crippen molar-refractivity contribution in [2.24, 2.45) is 0 Å². The molecule has 72 valence electrons. The third kappa shape index (κ3) is 3.75. The fraction of sp³-hybridized carbons (Fsp3) is 0.200. The predicted molar refractivity (Wildman–Crippen MR) is 50.5 cm³/mol. The predicted octanol–water partition coefficient (Wildman–Crippen LogP) is 1.15. The maximum atomic E-state index is 10.7. The van der Waals surface area contributed by atoms with Gasteiger partial charge in [-0.3, -0.25) is 4.72 Å². The van der Waals surface area contributed by atoms with Crippen molar-refractivity contribution in [3.63, 3.8) is 0 Å². The standard InChI is InChI=1S/C5H5Cl2N3O2S/c1-13(11,12)10-5-8-3(6)2-4(7)9-5/h2H,1H3,(H,8,9,10). The minimum Gasteiger partial charge on any atom is -0.251 e. The Bertz CT molecular complexity index is 400. The van der Waals surface area contributed by atoms with Crippen LogP contribution in [0.2, 0.25) is 10.3 Å². The van der Waals surface area contributed by atoms with Crippen molar-refractivity contribution < 1.29 is 8.42 Å². The number of halogens is 2. The van der Waals surface area contributed by atoms with E-state index in [1.54, 1.807) is 0 Å². The first-order chi connectivity index (χ1) is 5.87. The molecule has 1 rings (SSSR count). The van der Waals surface area contributed by atoms with Gasteiger partial charge in [-0.1, -0.05) is 23.2 Å². The van der Waals surface area contributed by atoms with Crippen LogP contribution in [-0.4, -0.2) is 24.6 Å². The van der Waals surface area contributed by atoms with E-state index >= 15 is 0 Å². The van der Waals surface area contributed by atoms with E-state index in [1.807, 2.05) is 4.72 Å². The van der Waals surface area contributed by atoms with E-state index in [2.05, 4.69) is 9.97 Å². The summed E-state index contributed by atoms with van der Waals surface area (Å²) in [6.07, 6.45) is 0.977. The molecule has 0 aliphatic heterocycles. The molecule has 0 bridgehead atoms. The summed E-state index contributed by atoms with van der Waals surface area (Å²) in [6.45, 7) is 0. The Morgan fingerprint density at radius 1 is 1.31 bits per heavy atom. The number of hydrogen-bond donors (Lipinski definition) is 1. The Balaban J connectivity index is 3.03. The molecule has 13 heavy (non-hydrogen) atoms. The Kier molecular flexibility index (Phi) is 2.94. The Hall–Kier alpha value is -0.590. The maximum Gasteiger partial charge on any atom is 0.239 e. The molecule has 0 fully saturated rings. The van der Waals surface area contributed by atoms with E-state index in [0.717, 1.165) is 6.26 Å². The molecule has 0 saturated heterocycles. The van der Waals surface area contributed by atoms with Crippen molar-refractivity contribution >= 4 is 39.2 Å². The van der Waals surface area contributed by atoms with E-state index in [4.69, 9.17) is 23.2 Å². The van der Waals surface area contributed by atoms with Gasteiger partial charge in [-0.25, -0.2) is 18.4 Å². The van der Waals surface area contributed by atoms with Crippen molar-refractivity contribution in [3.05, 3.63) is 16.4 Å². The third-order valence-corrected chi connectivity index (χ3v) is 1.88. The van der Waals surface area contributed by atoms with Gasteiger partial charge in [-0.2, -0.15) is 0 Å². The zero-order valence-electron chi connectivity index (χ0n) is 6.45. The summed E-state index contributed by atoms with van der Waals surface area (Å²) < 4.78 is 23.5. The second-order valence-electron chi connectivity index (χ2n) is 2.21. The van der Waals surface area contributed by atoms with Gasteiger partial charge in [0.1, 0.15) is 10.3 Å². The van der Waals surface area contributed by atoms with Gasteiger partial charge in [-0.15, -0.1) is 0 Å². The molecule has 1 heterocycles. The van der Waals surface area contributed by atoms with Gasteiger partial charge in [0.15, 0.2) is 0 Å². The molecule has 0 unspecified atom stereocenters. The SMILES string of the molecule is CS(=O)(=O)Nc1nc(Cl)cc(Cl)n1. The zero-order valence-corrected chi connectivity index (χ0v) is 8.78. The highest BCUT2D eigenvalue weighted by Gasteiger charge is 2.06. The van der Waals surface area contributed by atoms with Crippen LogP contribution in [0, 0.1) is 0 Å². The quantitative estimate of drug-likeness (QED) is 0.789. The molecule has 0 amide bonds. The largest absolute Gasteiger partial charge is 0.251 e. The molecule has 0 aromatic carbocycles. The second-order valence-corrected chi connectivity index (χ2v) is 4.73. The molecule has 8 heteroatoms. The van der Waals surface area contributed by atoms with E-state index < -0.39 is 10.0 Å². The van der Waals surface area contributed by atoms with Crippen molar-refractivity contribution in [1.82, 2.24) is 9.97 Å². The smallest absolute Gasteiger partial charge is 0.239 e. The average molecular weight is 242 g/mol. The summed E-state index contributed by atoms with van der Waals surface area (Å²) in [5.41, 5.74) is 0. The number of nitrogens with one attached hydrogen (secondary N) is 1. The van der Waals surface area contributed by atoms with Crippen LogP contribution in [0.25, 0.3) is 0 Å². The van der Waals surface area contributed by atoms with Gasteiger partial charge < -0.3 is 0 Å². The number of rotatable bonds is 2. The van der Waals surface area contributed by atoms with Crippen LogP contribution in [0.1, 0.15) is 0 Å². The number of anilines is 1. The van der Waals surface area contributed by atoms with Crippen LogP contribution in [0.5, 0.6) is 0 Å². The monoisotopic (exact) mass is 241 g/mol. The molecule has 1 aromatic heterocycles. The van der Waals surface area contributed by atoms with Crippen molar-refractivity contribution in [3.8, 4) is 0 Å². The highest BCUT2D eigenvalue weighted by molar-refractivity contribution is 7.91. The molecule has 0 radical (unpaired) electrons. The highest BCUT2D eigenvalue weighted by Crippen LogP contribution is 2.14. The number of aromatic nitrogens is 2. The summed E-state index contributed by atoms with van der Waals surface area (Å²) in [4.78, 5) is 7.20. The van der Waals surface area contributed by atoms with Crippen LogP contribution in [-0.2, 0) is 10.0 Å². The number of nitrogens with zero attached hydrogens (tertiary/aromatic N) is 2. The molecule has 0 saturated carbocycles. The van der Waals surface area contributed by atoms with Gasteiger partial charge in [-0.05, 0) is 0 Å². The lowest BCUT2D eigenvalue weighted by Crippen LogP contribution is -2.12. The minimum atomic E-state index is -3.40. The van der Waals surface area contributed by atoms with Crippen LogP contribution < -0.4 is 4.72 Å². The molecule has 0 aliphatic carbocycles. The summed E-state index contributed by atoms with van der Waals surface area (Å²) in [7, 11) is -3.40. The van der Waals surface area contributed by atoms with E-state index in [9.17, 15) is 8.42 Å². The summed E-state index contributed by atoms with van der Waals surface area (Å²) in [5.74, 6) is -0.139. The highest BCUT2D eigenvalue weighted by atomic mass is 35.5. The zero-order chi connectivity index (χ0) is 10.1. The van der Waals surface area contributed by atoms with Gasteiger partial charge in [0.05, 0.1) is 6.26 Å². The average Bonchev–Trinajstić information content (AvgIpc) is 1.78. The molecule has 0 atom stereocenters. The first kappa shape index (κ1) is 10.5. The van der Waals surface area contributed by atoms with E-state index in [1.165, 1.54) is 6.07 Å². The van der Waals surface area contributed by atoms with E-state index in [-0.39, 0.29) is 16.3 Å². The summed E-state index contributed by atoms with van der Waals surface area (Å²) >= 11 is 11.0. The molecular weight excluding hydrogens is 237 g/mol. The molecule has 1 aromatic rings. The maximum absolute atomic E-state index is 10.7. The van der Waals surface area contributed by atoms with Gasteiger partial charge in [0.25, 0.3) is 0 Å². The molecular formula is C5H5Cl2N3O2S. The topological polar surface area (TPSA) is 72.0 Å². The van der Waals surface area contributed by atoms with Crippen LogP contribution >= 0.6 is 23.2 Å². The van der Waals surface area contributed by atoms with Crippen LogP contribution in [0.15, 0.2) is 6.07 Å². The second kappa shape index (κ2) is 3.65. The number of hydrogen-bond acceptors (Lipinski definition) is 4. The fourth-order valence-electron chi connectivity index (χ4n) is 0.602. The van der Waals surface area contributed by atoms with Crippen molar-refractivity contribution in [1.29, 1.82) is 0 Å². The van der Waals surface area contributed by atoms with Crippen molar-refractivity contribution in [2.45, 2.75) is 0 Å². The lowest BCUT2D eigenvalue weighted by Gasteiger charge is -2.01. The summed E-state index contributed by atoms with van der Waals surface area (Å²) in [6, 6.07) is 1.30. The minimum absolute atomic E-state index is 0.0751. The van der Waals surface area contributed by atoms with E-state index in [0.29, 0.717) is 0 Å². The molecule has 5 nitrogen and oxygen atoms in total. The molecule has 0 spiro atoms. The molecule has 0 aliphatic rings. The third-order valence-electron chi connectivity index (χ3n) is 0.940. The lowest BCUT2D eigenvalue weighted by molar-refractivity contribution is 0.606. The van der Waals surface area contributed by atoms with Gasteiger partial charge >= 0.3 is 0 Å². The van der Waals surface area contributed by atoms with Gasteiger partial charge in [0.2, 0.25) is 16.0 Å². The summed E-state index contributed by atoms with van der Waals surface area (Å²) in [5, 5.41) is 0.150. The van der Waals surface area contributed by atoms with Crippen molar-refractivity contribution in [2.75, 3.05) is 11.0 Å². The van der Waals surface area contributed by atoms with Gasteiger partial charge in [0, 0.05) is 6.07 Å². The van der Waals surface area contributed by atoms with Crippen LogP contribution in [0.3, 0.4) is 0 Å². The fourth-order valence-corrected chi connectivity index (χ4v) is 1.45. The Labute approximate surface area is 85.2 Å². The normalized spacial score (nSPS) is 11.3. The first-order valence-corrected chi connectivity index (χ1v) is 5.69. The Morgan fingerprint density at radius 3 is 2.15 bits per heavy atom. The van der Waals surface area contributed by atoms with Crippen LogP contribution in [0.4, 0.5) is 5.95 Å².